The van der Waals surface area contributed by atoms with Crippen LogP contribution in [0.2, 0.25) is 0 Å². The maximum Gasteiger partial charge on any atom is 0.261 e. The smallest absolute Gasteiger partial charge is 0.261 e. The number of anilines is 2. The van der Waals surface area contributed by atoms with Crippen LogP contribution in [0.4, 0.5) is 11.5 Å². The lowest BCUT2D eigenvalue weighted by molar-refractivity contribution is 0.102. The Morgan fingerprint density at radius 1 is 1.03 bits per heavy atom. The number of carbonyl (C=O) groups excluding carboxylic acids is 1. The Kier molecular flexibility index (Phi) is 5.39. The highest BCUT2D eigenvalue weighted by Crippen LogP contribution is 2.29. The SMILES string of the molecule is COc1cccc(/C=N\n2c(N)c(C(=O)Nc3ccc(C)cc3)c3nc4ccccc4nc32)c1. The Hall–Kier alpha value is -4.72. The van der Waals surface area contributed by atoms with Gasteiger partial charge in [0, 0.05) is 5.69 Å². The third-order valence-corrected chi connectivity index (χ3v) is 5.43. The number of amides is 1. The average Bonchev–Trinajstić information content (AvgIpc) is 3.12. The molecule has 8 nitrogen and oxygen atoms in total. The van der Waals surface area contributed by atoms with Gasteiger partial charge in [-0.2, -0.15) is 9.78 Å². The molecule has 0 unspecified atom stereocenters. The number of hydrogen-bond acceptors (Lipinski definition) is 6. The summed E-state index contributed by atoms with van der Waals surface area (Å²) in [5.41, 5.74) is 11.3. The van der Waals surface area contributed by atoms with Gasteiger partial charge in [0.2, 0.25) is 0 Å². The number of methoxy groups -OCH3 is 1. The highest BCUT2D eigenvalue weighted by Gasteiger charge is 2.24. The average molecular weight is 451 g/mol. The molecule has 3 N–H and O–H groups in total. The normalized spacial score (nSPS) is 11.4. The number of aromatic nitrogens is 3. The van der Waals surface area contributed by atoms with Gasteiger partial charge >= 0.3 is 0 Å². The lowest BCUT2D eigenvalue weighted by Crippen LogP contribution is -2.14. The largest absolute Gasteiger partial charge is 0.497 e. The molecule has 5 aromatic rings. The molecule has 2 aromatic heterocycles. The van der Waals surface area contributed by atoms with Gasteiger partial charge in [0.25, 0.3) is 5.91 Å². The van der Waals surface area contributed by atoms with Gasteiger partial charge in [-0.1, -0.05) is 42.0 Å². The first-order valence-corrected chi connectivity index (χ1v) is 10.7. The lowest BCUT2D eigenvalue weighted by Gasteiger charge is -2.06. The van der Waals surface area contributed by atoms with Gasteiger partial charge in [-0.05, 0) is 48.9 Å². The summed E-state index contributed by atoms with van der Waals surface area (Å²) in [4.78, 5) is 22.7. The van der Waals surface area contributed by atoms with E-state index in [9.17, 15) is 4.79 Å². The van der Waals surface area contributed by atoms with Crippen molar-refractivity contribution in [2.45, 2.75) is 6.92 Å². The highest BCUT2D eigenvalue weighted by molar-refractivity contribution is 6.16. The van der Waals surface area contributed by atoms with Gasteiger partial charge in [-0.15, -0.1) is 0 Å². The molecule has 0 atom stereocenters. The molecule has 1 amide bonds. The number of nitrogens with one attached hydrogen (secondary N) is 1. The molecule has 0 aliphatic carbocycles. The zero-order chi connectivity index (χ0) is 23.7. The van der Waals surface area contributed by atoms with Gasteiger partial charge in [-0.3, -0.25) is 4.79 Å². The van der Waals surface area contributed by atoms with Crippen molar-refractivity contribution < 1.29 is 9.53 Å². The van der Waals surface area contributed by atoms with Crippen LogP contribution in [0.1, 0.15) is 21.5 Å². The van der Waals surface area contributed by atoms with Gasteiger partial charge < -0.3 is 15.8 Å². The molecule has 0 saturated carbocycles. The predicted octanol–water partition coefficient (Wildman–Crippen LogP) is 4.62. The first kappa shape index (κ1) is 21.1. The second-order valence-electron chi connectivity index (χ2n) is 7.80. The van der Waals surface area contributed by atoms with Crippen LogP contribution in [0.3, 0.4) is 0 Å². The Balaban J connectivity index is 1.64. The van der Waals surface area contributed by atoms with Crippen LogP contribution in [0.5, 0.6) is 5.75 Å². The minimum atomic E-state index is -0.383. The van der Waals surface area contributed by atoms with E-state index in [1.165, 1.54) is 4.68 Å². The fourth-order valence-electron chi connectivity index (χ4n) is 3.66. The van der Waals surface area contributed by atoms with Gasteiger partial charge in [0.05, 0.1) is 24.4 Å². The number of benzene rings is 3. The quantitative estimate of drug-likeness (QED) is 0.380. The Bertz CT molecular complexity index is 1550. The Morgan fingerprint density at radius 2 is 1.76 bits per heavy atom. The molecule has 168 valence electrons. The van der Waals surface area contributed by atoms with E-state index in [0.29, 0.717) is 33.6 Å². The minimum Gasteiger partial charge on any atom is -0.497 e. The van der Waals surface area contributed by atoms with Crippen molar-refractivity contribution in [1.82, 2.24) is 14.6 Å². The van der Waals surface area contributed by atoms with Crippen molar-refractivity contribution in [2.75, 3.05) is 18.2 Å². The number of hydrogen-bond donors (Lipinski definition) is 2. The molecule has 0 spiro atoms. The molecule has 0 saturated heterocycles. The Morgan fingerprint density at radius 3 is 2.50 bits per heavy atom. The monoisotopic (exact) mass is 450 g/mol. The van der Waals surface area contributed by atoms with E-state index in [-0.39, 0.29) is 17.3 Å². The molecule has 0 fully saturated rings. The third kappa shape index (κ3) is 3.93. The first-order chi connectivity index (χ1) is 16.5. The molecule has 8 heteroatoms. The van der Waals surface area contributed by atoms with Crippen LogP contribution in [0.25, 0.3) is 22.2 Å². The highest BCUT2D eigenvalue weighted by atomic mass is 16.5. The van der Waals surface area contributed by atoms with E-state index in [2.05, 4.69) is 10.4 Å². The molecule has 34 heavy (non-hydrogen) atoms. The van der Waals surface area contributed by atoms with Crippen LogP contribution >= 0.6 is 0 Å². The number of fused-ring (bicyclic) bond motifs is 2. The standard InChI is InChI=1S/C26H22N6O2/c1-16-10-12-18(13-11-16)29-26(33)22-23-25(31-21-9-4-3-8-20(21)30-23)32(24(22)27)28-15-17-6-5-7-19(14-17)34-2/h3-15H,27H2,1-2H3,(H,29,33)/b28-15-. The topological polar surface area (TPSA) is 107 Å². The van der Waals surface area contributed by atoms with E-state index in [1.54, 1.807) is 13.3 Å². The molecule has 2 heterocycles. The lowest BCUT2D eigenvalue weighted by atomic mass is 10.2. The number of aryl methyl sites for hydroxylation is 1. The predicted molar refractivity (Wildman–Crippen MR) is 135 cm³/mol. The number of nitrogen functional groups attached to an aromatic ring is 1. The number of ether oxygens (including phenoxy) is 1. The number of carbonyl (C=O) groups is 1. The molecule has 0 bridgehead atoms. The summed E-state index contributed by atoms with van der Waals surface area (Å²) in [6, 6.07) is 22.4. The van der Waals surface area contributed by atoms with Crippen LogP contribution in [-0.4, -0.2) is 33.9 Å². The molecule has 0 aliphatic rings. The van der Waals surface area contributed by atoms with Crippen LogP contribution in [0.15, 0.2) is 77.9 Å². The van der Waals surface area contributed by atoms with Crippen molar-refractivity contribution in [3.8, 4) is 5.75 Å². The van der Waals surface area contributed by atoms with Crippen molar-refractivity contribution in [3.63, 3.8) is 0 Å². The summed E-state index contributed by atoms with van der Waals surface area (Å²) in [7, 11) is 1.60. The van der Waals surface area contributed by atoms with E-state index in [4.69, 9.17) is 20.4 Å². The summed E-state index contributed by atoms with van der Waals surface area (Å²) < 4.78 is 6.72. The maximum atomic E-state index is 13.3. The zero-order valence-electron chi connectivity index (χ0n) is 18.7. The molecular formula is C26H22N6O2. The van der Waals surface area contributed by atoms with Gasteiger partial charge in [0.15, 0.2) is 5.65 Å². The molecule has 3 aromatic carbocycles. The van der Waals surface area contributed by atoms with Gasteiger partial charge in [-0.25, -0.2) is 9.97 Å². The second-order valence-corrected chi connectivity index (χ2v) is 7.80. The fraction of sp³-hybridized carbons (Fsp3) is 0.0769. The van der Waals surface area contributed by atoms with Crippen molar-refractivity contribution >= 4 is 45.8 Å². The van der Waals surface area contributed by atoms with E-state index in [1.807, 2.05) is 79.7 Å². The van der Waals surface area contributed by atoms with E-state index in [0.717, 1.165) is 11.1 Å². The van der Waals surface area contributed by atoms with Crippen LogP contribution in [-0.2, 0) is 0 Å². The second kappa shape index (κ2) is 8.67. The molecule has 5 rings (SSSR count). The molecular weight excluding hydrogens is 428 g/mol. The van der Waals surface area contributed by atoms with Crippen molar-refractivity contribution in [3.05, 3.63) is 89.5 Å². The summed E-state index contributed by atoms with van der Waals surface area (Å²) in [5, 5.41) is 7.44. The van der Waals surface area contributed by atoms with Gasteiger partial charge in [0.1, 0.15) is 22.6 Å². The van der Waals surface area contributed by atoms with Crippen LogP contribution in [0, 0.1) is 6.92 Å². The maximum absolute atomic E-state index is 13.3. The van der Waals surface area contributed by atoms with Crippen molar-refractivity contribution in [1.29, 1.82) is 0 Å². The first-order valence-electron chi connectivity index (χ1n) is 10.7. The Labute approximate surface area is 195 Å². The number of para-hydroxylation sites is 2. The van der Waals surface area contributed by atoms with E-state index < -0.39 is 0 Å². The third-order valence-electron chi connectivity index (χ3n) is 5.43. The summed E-state index contributed by atoms with van der Waals surface area (Å²) >= 11 is 0. The number of nitrogens with two attached hydrogens (primary N) is 1. The summed E-state index contributed by atoms with van der Waals surface area (Å²) in [5.74, 6) is 0.471. The number of rotatable bonds is 5. The van der Waals surface area contributed by atoms with E-state index >= 15 is 0 Å². The van der Waals surface area contributed by atoms with Crippen molar-refractivity contribution in [2.24, 2.45) is 5.10 Å². The molecule has 0 radical (unpaired) electrons. The zero-order valence-corrected chi connectivity index (χ0v) is 18.7. The summed E-state index contributed by atoms with van der Waals surface area (Å²) in [6.07, 6.45) is 1.64. The number of nitrogens with zero attached hydrogens (tertiary/aromatic N) is 4. The summed E-state index contributed by atoms with van der Waals surface area (Å²) in [6.45, 7) is 1.98. The molecule has 0 aliphatic heterocycles. The van der Waals surface area contributed by atoms with Crippen LogP contribution < -0.4 is 15.8 Å². The fourth-order valence-corrected chi connectivity index (χ4v) is 3.66. The minimum absolute atomic E-state index is 0.147.